The maximum absolute atomic E-state index is 11.9. The summed E-state index contributed by atoms with van der Waals surface area (Å²) in [6.07, 6.45) is 3.83. The SMILES string of the molecule is COC(=O)c1sc2nc(C)nc(NCCn3cc(C)cn3)c2c1C. The van der Waals surface area contributed by atoms with Gasteiger partial charge in [-0.3, -0.25) is 4.68 Å². The van der Waals surface area contributed by atoms with Crippen molar-refractivity contribution in [2.75, 3.05) is 19.0 Å². The fraction of sp³-hybridized carbons (Fsp3) is 0.375. The maximum atomic E-state index is 11.9. The highest BCUT2D eigenvalue weighted by molar-refractivity contribution is 7.20. The molecule has 0 saturated heterocycles. The molecule has 3 heterocycles. The molecule has 0 radical (unpaired) electrons. The predicted molar refractivity (Wildman–Crippen MR) is 93.7 cm³/mol. The quantitative estimate of drug-likeness (QED) is 0.716. The van der Waals surface area contributed by atoms with Crippen LogP contribution in [-0.2, 0) is 11.3 Å². The molecule has 1 N–H and O–H groups in total. The maximum Gasteiger partial charge on any atom is 0.348 e. The molecule has 0 aliphatic carbocycles. The van der Waals surface area contributed by atoms with Crippen LogP contribution in [0.25, 0.3) is 10.2 Å². The van der Waals surface area contributed by atoms with Gasteiger partial charge >= 0.3 is 5.97 Å². The average molecular weight is 345 g/mol. The lowest BCUT2D eigenvalue weighted by atomic mass is 10.2. The number of carbonyl (C=O) groups excluding carboxylic acids is 1. The van der Waals surface area contributed by atoms with Crippen molar-refractivity contribution in [1.29, 1.82) is 0 Å². The average Bonchev–Trinajstić information content (AvgIpc) is 3.10. The van der Waals surface area contributed by atoms with E-state index in [1.807, 2.05) is 37.8 Å². The Morgan fingerprint density at radius 2 is 2.12 bits per heavy atom. The minimum Gasteiger partial charge on any atom is -0.465 e. The molecular formula is C16H19N5O2S. The van der Waals surface area contributed by atoms with Crippen LogP contribution in [0, 0.1) is 20.8 Å². The predicted octanol–water partition coefficient (Wildman–Crippen LogP) is 2.71. The first-order valence-corrected chi connectivity index (χ1v) is 8.40. The fourth-order valence-electron chi connectivity index (χ4n) is 2.54. The summed E-state index contributed by atoms with van der Waals surface area (Å²) in [5.41, 5.74) is 1.98. The second kappa shape index (κ2) is 6.56. The second-order valence-electron chi connectivity index (χ2n) is 5.55. The van der Waals surface area contributed by atoms with Crippen molar-refractivity contribution >= 4 is 33.3 Å². The number of methoxy groups -OCH3 is 1. The Hall–Kier alpha value is -2.48. The number of esters is 1. The first kappa shape index (κ1) is 16.4. The molecule has 3 rings (SSSR count). The molecule has 7 nitrogen and oxygen atoms in total. The number of aryl methyl sites for hydroxylation is 3. The van der Waals surface area contributed by atoms with E-state index in [2.05, 4.69) is 20.4 Å². The molecule has 0 spiro atoms. The molecule has 8 heteroatoms. The van der Waals surface area contributed by atoms with E-state index in [9.17, 15) is 4.79 Å². The topological polar surface area (TPSA) is 81.9 Å². The van der Waals surface area contributed by atoms with E-state index in [-0.39, 0.29) is 5.97 Å². The van der Waals surface area contributed by atoms with E-state index >= 15 is 0 Å². The Kier molecular flexibility index (Phi) is 4.48. The molecule has 3 aromatic heterocycles. The van der Waals surface area contributed by atoms with Gasteiger partial charge in [0.1, 0.15) is 21.3 Å². The van der Waals surface area contributed by atoms with E-state index in [4.69, 9.17) is 4.74 Å². The van der Waals surface area contributed by atoms with Crippen LogP contribution in [0.2, 0.25) is 0 Å². The summed E-state index contributed by atoms with van der Waals surface area (Å²) in [5.74, 6) is 1.06. The van der Waals surface area contributed by atoms with Crippen molar-refractivity contribution < 1.29 is 9.53 Å². The van der Waals surface area contributed by atoms with Gasteiger partial charge in [0.05, 0.1) is 25.2 Å². The molecule has 0 fully saturated rings. The second-order valence-corrected chi connectivity index (χ2v) is 6.55. The van der Waals surface area contributed by atoms with Gasteiger partial charge in [0, 0.05) is 12.7 Å². The van der Waals surface area contributed by atoms with Gasteiger partial charge in [0.25, 0.3) is 0 Å². The number of aromatic nitrogens is 4. The van der Waals surface area contributed by atoms with E-state index in [0.717, 1.165) is 33.7 Å². The van der Waals surface area contributed by atoms with Crippen LogP contribution < -0.4 is 5.32 Å². The monoisotopic (exact) mass is 345 g/mol. The van der Waals surface area contributed by atoms with Crippen molar-refractivity contribution in [3.8, 4) is 0 Å². The Labute approximate surface area is 143 Å². The third-order valence-corrected chi connectivity index (χ3v) is 4.83. The summed E-state index contributed by atoms with van der Waals surface area (Å²) >= 11 is 1.33. The summed E-state index contributed by atoms with van der Waals surface area (Å²) in [6.45, 7) is 7.15. The Bertz CT molecular complexity index is 899. The number of hydrogen-bond donors (Lipinski definition) is 1. The molecule has 0 bridgehead atoms. The Balaban J connectivity index is 1.88. The van der Waals surface area contributed by atoms with Gasteiger partial charge in [0.2, 0.25) is 0 Å². The number of hydrogen-bond acceptors (Lipinski definition) is 7. The smallest absolute Gasteiger partial charge is 0.348 e. The van der Waals surface area contributed by atoms with Crippen LogP contribution in [0.15, 0.2) is 12.4 Å². The highest BCUT2D eigenvalue weighted by Gasteiger charge is 2.20. The van der Waals surface area contributed by atoms with Gasteiger partial charge in [-0.2, -0.15) is 5.10 Å². The molecule has 0 aliphatic rings. The molecule has 0 saturated carbocycles. The molecule has 126 valence electrons. The van der Waals surface area contributed by atoms with Crippen LogP contribution in [0.3, 0.4) is 0 Å². The van der Waals surface area contributed by atoms with Gasteiger partial charge in [-0.15, -0.1) is 11.3 Å². The molecule has 0 atom stereocenters. The number of thiophene rings is 1. The normalized spacial score (nSPS) is 11.0. The van der Waals surface area contributed by atoms with E-state index in [0.29, 0.717) is 17.2 Å². The lowest BCUT2D eigenvalue weighted by molar-refractivity contribution is 0.0605. The molecule has 24 heavy (non-hydrogen) atoms. The Morgan fingerprint density at radius 3 is 2.79 bits per heavy atom. The third-order valence-electron chi connectivity index (χ3n) is 3.67. The molecule has 0 unspecified atom stereocenters. The third kappa shape index (κ3) is 3.09. The molecule has 0 aromatic carbocycles. The highest BCUT2D eigenvalue weighted by atomic mass is 32.1. The summed E-state index contributed by atoms with van der Waals surface area (Å²) in [5, 5.41) is 8.48. The number of nitrogens with zero attached hydrogens (tertiary/aromatic N) is 4. The van der Waals surface area contributed by atoms with Crippen molar-refractivity contribution in [1.82, 2.24) is 19.7 Å². The number of carbonyl (C=O) groups is 1. The Morgan fingerprint density at radius 1 is 1.33 bits per heavy atom. The summed E-state index contributed by atoms with van der Waals surface area (Å²) in [6, 6.07) is 0. The molecule has 0 aliphatic heterocycles. The van der Waals surface area contributed by atoms with Crippen LogP contribution in [0.1, 0.15) is 26.6 Å². The molecule has 0 amide bonds. The standard InChI is InChI=1S/C16H19N5O2S/c1-9-7-18-21(8-9)6-5-17-14-12-10(2)13(16(22)23-4)24-15(12)20-11(3)19-14/h7-8H,5-6H2,1-4H3,(H,17,19,20). The molecule has 3 aromatic rings. The van der Waals surface area contributed by atoms with Crippen molar-refractivity contribution in [3.63, 3.8) is 0 Å². The van der Waals surface area contributed by atoms with Crippen LogP contribution in [0.4, 0.5) is 5.82 Å². The van der Waals surface area contributed by atoms with Crippen molar-refractivity contribution in [2.24, 2.45) is 0 Å². The minimum absolute atomic E-state index is 0.342. The zero-order valence-electron chi connectivity index (χ0n) is 14.1. The first-order chi connectivity index (χ1) is 11.5. The lowest BCUT2D eigenvalue weighted by Crippen LogP contribution is -2.12. The van der Waals surface area contributed by atoms with Crippen molar-refractivity contribution in [3.05, 3.63) is 34.2 Å². The zero-order chi connectivity index (χ0) is 17.3. The number of anilines is 1. The lowest BCUT2D eigenvalue weighted by Gasteiger charge is -2.08. The van der Waals surface area contributed by atoms with Gasteiger partial charge in [-0.05, 0) is 31.9 Å². The number of rotatable bonds is 5. The number of fused-ring (bicyclic) bond motifs is 1. The minimum atomic E-state index is -0.342. The zero-order valence-corrected chi connectivity index (χ0v) is 14.9. The van der Waals surface area contributed by atoms with Crippen LogP contribution >= 0.6 is 11.3 Å². The number of nitrogens with one attached hydrogen (secondary N) is 1. The van der Waals surface area contributed by atoms with Gasteiger partial charge in [0.15, 0.2) is 0 Å². The van der Waals surface area contributed by atoms with Gasteiger partial charge in [-0.25, -0.2) is 14.8 Å². The van der Waals surface area contributed by atoms with Gasteiger partial charge < -0.3 is 10.1 Å². The van der Waals surface area contributed by atoms with Crippen LogP contribution in [-0.4, -0.2) is 39.4 Å². The van der Waals surface area contributed by atoms with Crippen molar-refractivity contribution in [2.45, 2.75) is 27.3 Å². The summed E-state index contributed by atoms with van der Waals surface area (Å²) in [4.78, 5) is 22.2. The van der Waals surface area contributed by atoms with Gasteiger partial charge in [-0.1, -0.05) is 0 Å². The molecular weight excluding hydrogens is 326 g/mol. The largest absolute Gasteiger partial charge is 0.465 e. The fourth-order valence-corrected chi connectivity index (χ4v) is 3.68. The van der Waals surface area contributed by atoms with Crippen LogP contribution in [0.5, 0.6) is 0 Å². The number of ether oxygens (including phenoxy) is 1. The highest BCUT2D eigenvalue weighted by Crippen LogP contribution is 2.34. The summed E-state index contributed by atoms with van der Waals surface area (Å²) in [7, 11) is 1.38. The first-order valence-electron chi connectivity index (χ1n) is 7.58. The van der Waals surface area contributed by atoms with E-state index < -0.39 is 0 Å². The summed E-state index contributed by atoms with van der Waals surface area (Å²) < 4.78 is 6.73. The van der Waals surface area contributed by atoms with E-state index in [1.54, 1.807) is 0 Å². The van der Waals surface area contributed by atoms with E-state index in [1.165, 1.54) is 18.4 Å².